The lowest BCUT2D eigenvalue weighted by atomic mass is 9.85. The highest BCUT2D eigenvalue weighted by Gasteiger charge is 2.46. The normalized spacial score (nSPS) is 18.1. The lowest BCUT2D eigenvalue weighted by Gasteiger charge is -2.28. The van der Waals surface area contributed by atoms with Crippen LogP contribution in [-0.2, 0) is 15.0 Å². The Morgan fingerprint density at radius 2 is 1.71 bits per heavy atom. The van der Waals surface area contributed by atoms with Gasteiger partial charge in [-0.2, -0.15) is 0 Å². The zero-order chi connectivity index (χ0) is 25.0. The van der Waals surface area contributed by atoms with Crippen LogP contribution in [-0.4, -0.2) is 59.9 Å². The number of rotatable bonds is 8. The number of amides is 1. The summed E-state index contributed by atoms with van der Waals surface area (Å²) in [6, 6.07) is 14.2. The van der Waals surface area contributed by atoms with Crippen LogP contribution in [0, 0.1) is 0 Å². The molecule has 1 heterocycles. The molecule has 0 spiro atoms. The molecule has 1 atom stereocenters. The Kier molecular flexibility index (Phi) is 7.82. The minimum atomic E-state index is -0.662. The predicted molar refractivity (Wildman–Crippen MR) is 135 cm³/mol. The van der Waals surface area contributed by atoms with E-state index < -0.39 is 17.7 Å². The van der Waals surface area contributed by atoms with Gasteiger partial charge in [0.05, 0.1) is 18.7 Å². The second-order valence-corrected chi connectivity index (χ2v) is 9.62. The molecule has 2 aromatic carbocycles. The van der Waals surface area contributed by atoms with Gasteiger partial charge in [0.15, 0.2) is 0 Å². The third-order valence-electron chi connectivity index (χ3n) is 6.53. The number of carbonyl (C=O) groups is 2. The topological polar surface area (TPSA) is 70.1 Å². The summed E-state index contributed by atoms with van der Waals surface area (Å²) in [6.45, 7) is 13.3. The smallest absolute Gasteiger partial charge is 0.295 e. The van der Waals surface area contributed by atoms with Crippen molar-refractivity contribution >= 4 is 17.4 Å². The predicted octanol–water partition coefficient (Wildman–Crippen LogP) is 4.76. The maximum Gasteiger partial charge on any atom is 0.295 e. The summed E-state index contributed by atoms with van der Waals surface area (Å²) in [6.07, 6.45) is 0. The highest BCUT2D eigenvalue weighted by Crippen LogP contribution is 2.40. The number of hydrogen-bond donors (Lipinski definition) is 1. The molecule has 182 valence electrons. The van der Waals surface area contributed by atoms with Crippen LogP contribution >= 0.6 is 0 Å². The average Bonchev–Trinajstić information content (AvgIpc) is 3.08. The number of hydrogen-bond acceptors (Lipinski definition) is 5. The van der Waals surface area contributed by atoms with E-state index >= 15 is 0 Å². The molecule has 6 nitrogen and oxygen atoms in total. The van der Waals surface area contributed by atoms with Crippen molar-refractivity contribution in [3.8, 4) is 5.75 Å². The molecule has 2 aromatic rings. The van der Waals surface area contributed by atoms with Crippen molar-refractivity contribution in [2.75, 3.05) is 33.3 Å². The summed E-state index contributed by atoms with van der Waals surface area (Å²) in [5, 5.41) is 11.2. The van der Waals surface area contributed by atoms with Crippen LogP contribution in [0.4, 0.5) is 0 Å². The summed E-state index contributed by atoms with van der Waals surface area (Å²) in [5.74, 6) is -0.871. The van der Waals surface area contributed by atoms with Gasteiger partial charge in [0.25, 0.3) is 11.7 Å². The van der Waals surface area contributed by atoms with E-state index in [4.69, 9.17) is 4.74 Å². The van der Waals surface area contributed by atoms with E-state index in [1.807, 2.05) is 24.3 Å². The standard InChI is InChI=1S/C28H36N2O4/c1-7-29(8-2)16-17-30-24(19-12-14-21(15-13-19)28(3,4)5)23(26(32)27(30)33)25(31)20-10-9-11-22(18-20)34-6/h9-15,18,24,31H,7-8,16-17H2,1-6H3/b25-23-. The van der Waals surface area contributed by atoms with E-state index in [1.54, 1.807) is 36.3 Å². The fourth-order valence-corrected chi connectivity index (χ4v) is 4.34. The highest BCUT2D eigenvalue weighted by molar-refractivity contribution is 6.46. The van der Waals surface area contributed by atoms with Gasteiger partial charge in [-0.25, -0.2) is 0 Å². The molecule has 0 aromatic heterocycles. The summed E-state index contributed by atoms with van der Waals surface area (Å²) < 4.78 is 5.28. The van der Waals surface area contributed by atoms with Crippen molar-refractivity contribution in [2.45, 2.75) is 46.1 Å². The molecule has 0 saturated carbocycles. The minimum Gasteiger partial charge on any atom is -0.507 e. The average molecular weight is 465 g/mol. The lowest BCUT2D eigenvalue weighted by molar-refractivity contribution is -0.140. The van der Waals surface area contributed by atoms with Crippen molar-refractivity contribution in [1.29, 1.82) is 0 Å². The minimum absolute atomic E-state index is 0.0241. The largest absolute Gasteiger partial charge is 0.507 e. The second-order valence-electron chi connectivity index (χ2n) is 9.62. The van der Waals surface area contributed by atoms with Gasteiger partial charge in [0.2, 0.25) is 0 Å². The van der Waals surface area contributed by atoms with Gasteiger partial charge < -0.3 is 19.6 Å². The second kappa shape index (κ2) is 10.4. The van der Waals surface area contributed by atoms with Crippen molar-refractivity contribution in [1.82, 2.24) is 9.80 Å². The number of likely N-dealkylation sites (tertiary alicyclic amines) is 1. The van der Waals surface area contributed by atoms with Gasteiger partial charge in [-0.05, 0) is 41.8 Å². The maximum absolute atomic E-state index is 13.2. The Morgan fingerprint density at radius 1 is 1.06 bits per heavy atom. The maximum atomic E-state index is 13.2. The quantitative estimate of drug-likeness (QED) is 0.347. The molecule has 0 radical (unpaired) electrons. The molecule has 1 aliphatic rings. The van der Waals surface area contributed by atoms with E-state index in [9.17, 15) is 14.7 Å². The van der Waals surface area contributed by atoms with Gasteiger partial charge in [-0.3, -0.25) is 9.59 Å². The number of nitrogens with zero attached hydrogens (tertiary/aromatic N) is 2. The third-order valence-corrected chi connectivity index (χ3v) is 6.53. The first-order chi connectivity index (χ1) is 16.1. The number of likely N-dealkylation sites (N-methyl/N-ethyl adjacent to an activating group) is 1. The van der Waals surface area contributed by atoms with Crippen LogP contribution in [0.5, 0.6) is 5.75 Å². The molecule has 0 bridgehead atoms. The van der Waals surface area contributed by atoms with Crippen molar-refractivity contribution in [2.24, 2.45) is 0 Å². The number of aliphatic hydroxyl groups excluding tert-OH is 1. The molecule has 3 rings (SSSR count). The van der Waals surface area contributed by atoms with Crippen molar-refractivity contribution in [3.05, 3.63) is 70.8 Å². The van der Waals surface area contributed by atoms with Crippen LogP contribution in [0.2, 0.25) is 0 Å². The van der Waals surface area contributed by atoms with E-state index in [-0.39, 0.29) is 16.7 Å². The van der Waals surface area contributed by atoms with E-state index in [0.29, 0.717) is 24.4 Å². The molecule has 1 fully saturated rings. The van der Waals surface area contributed by atoms with Gasteiger partial charge in [-0.15, -0.1) is 0 Å². The zero-order valence-electron chi connectivity index (χ0n) is 21.1. The van der Waals surface area contributed by atoms with Crippen LogP contribution in [0.15, 0.2) is 54.1 Å². The summed E-state index contributed by atoms with van der Waals surface area (Å²) in [4.78, 5) is 30.2. The first kappa shape index (κ1) is 25.5. The Morgan fingerprint density at radius 3 is 2.26 bits per heavy atom. The van der Waals surface area contributed by atoms with Gasteiger partial charge >= 0.3 is 0 Å². The van der Waals surface area contributed by atoms with Crippen molar-refractivity contribution < 1.29 is 19.4 Å². The van der Waals surface area contributed by atoms with Crippen LogP contribution in [0.25, 0.3) is 5.76 Å². The number of ether oxygens (including phenoxy) is 1. The van der Waals surface area contributed by atoms with E-state index in [1.165, 1.54) is 0 Å². The van der Waals surface area contributed by atoms with Gasteiger partial charge in [0, 0.05) is 18.7 Å². The highest BCUT2D eigenvalue weighted by atomic mass is 16.5. The number of benzene rings is 2. The Bertz CT molecular complexity index is 1060. The Balaban J connectivity index is 2.12. The number of aliphatic hydroxyl groups is 1. The fourth-order valence-electron chi connectivity index (χ4n) is 4.34. The molecule has 0 aliphatic carbocycles. The van der Waals surface area contributed by atoms with Crippen LogP contribution in [0.3, 0.4) is 0 Å². The molecule has 1 unspecified atom stereocenters. The van der Waals surface area contributed by atoms with Crippen molar-refractivity contribution in [3.63, 3.8) is 0 Å². The van der Waals surface area contributed by atoms with Crippen LogP contribution in [0.1, 0.15) is 57.4 Å². The number of methoxy groups -OCH3 is 1. The van der Waals surface area contributed by atoms with Crippen LogP contribution < -0.4 is 4.74 Å². The Hall–Kier alpha value is -3.12. The first-order valence-electron chi connectivity index (χ1n) is 11.9. The van der Waals surface area contributed by atoms with E-state index in [0.717, 1.165) is 24.2 Å². The molecule has 1 saturated heterocycles. The first-order valence-corrected chi connectivity index (χ1v) is 11.9. The molecule has 34 heavy (non-hydrogen) atoms. The molecular formula is C28H36N2O4. The summed E-state index contributed by atoms with van der Waals surface area (Å²) in [7, 11) is 1.54. The number of ketones is 1. The summed E-state index contributed by atoms with van der Waals surface area (Å²) >= 11 is 0. The zero-order valence-corrected chi connectivity index (χ0v) is 21.1. The number of carbonyl (C=O) groups excluding carboxylic acids is 2. The van der Waals surface area contributed by atoms with E-state index in [2.05, 4.69) is 39.5 Å². The molecule has 1 aliphatic heterocycles. The summed E-state index contributed by atoms with van der Waals surface area (Å²) in [5.41, 5.74) is 2.49. The Labute approximate surface area is 202 Å². The van der Waals surface area contributed by atoms with Gasteiger partial charge in [-0.1, -0.05) is 71.0 Å². The number of Topliss-reactive ketones (excluding diaryl/α,β-unsaturated/α-hetero) is 1. The molecule has 6 heteroatoms. The third kappa shape index (κ3) is 5.17. The molecule has 1 N–H and O–H groups in total. The SMILES string of the molecule is CCN(CC)CCN1C(=O)C(=O)/C(=C(\O)c2cccc(OC)c2)C1c1ccc(C(C)(C)C)cc1. The molecular weight excluding hydrogens is 428 g/mol. The van der Waals surface area contributed by atoms with Gasteiger partial charge in [0.1, 0.15) is 11.5 Å². The lowest BCUT2D eigenvalue weighted by Crippen LogP contribution is -2.38. The monoisotopic (exact) mass is 464 g/mol. The fraction of sp³-hybridized carbons (Fsp3) is 0.429. The molecule has 1 amide bonds.